The lowest BCUT2D eigenvalue weighted by Gasteiger charge is -2.34. The predicted octanol–water partition coefficient (Wildman–Crippen LogP) is 3.01. The van der Waals surface area contributed by atoms with Gasteiger partial charge in [0.15, 0.2) is 0 Å². The minimum atomic E-state index is -0.379. The minimum absolute atomic E-state index is 0.121. The van der Waals surface area contributed by atoms with Crippen molar-refractivity contribution < 1.29 is 9.72 Å². The number of nitro benzene ring substituents is 1. The molecule has 3 aromatic rings. The van der Waals surface area contributed by atoms with E-state index in [1.165, 1.54) is 0 Å². The van der Waals surface area contributed by atoms with Crippen LogP contribution in [-0.2, 0) is 17.6 Å². The standard InChI is InChI=1S/C22H24N4O3/c27-22(15-18-16-23-21-4-2-1-3-20(18)21)25-13-11-24(12-14-25)10-9-17-5-7-19(8-6-17)26(28)29/h1-8,16,23H,9-15H2. The number of piperazine rings is 1. The van der Waals surface area contributed by atoms with Crippen LogP contribution < -0.4 is 0 Å². The van der Waals surface area contributed by atoms with Crippen LogP contribution >= 0.6 is 0 Å². The van der Waals surface area contributed by atoms with E-state index in [1.807, 2.05) is 47.5 Å². The molecule has 29 heavy (non-hydrogen) atoms. The maximum atomic E-state index is 12.7. The first-order valence-electron chi connectivity index (χ1n) is 9.88. The highest BCUT2D eigenvalue weighted by Crippen LogP contribution is 2.19. The lowest BCUT2D eigenvalue weighted by molar-refractivity contribution is -0.384. The maximum absolute atomic E-state index is 12.7. The Hall–Kier alpha value is -3.19. The third kappa shape index (κ3) is 4.46. The molecular weight excluding hydrogens is 368 g/mol. The van der Waals surface area contributed by atoms with Gasteiger partial charge in [-0.15, -0.1) is 0 Å². The van der Waals surface area contributed by atoms with Crippen LogP contribution in [0.3, 0.4) is 0 Å². The van der Waals surface area contributed by atoms with Crippen LogP contribution in [0.15, 0.2) is 54.7 Å². The lowest BCUT2D eigenvalue weighted by atomic mass is 10.1. The van der Waals surface area contributed by atoms with Crippen LogP contribution in [0.4, 0.5) is 5.69 Å². The summed E-state index contributed by atoms with van der Waals surface area (Å²) in [6.45, 7) is 4.07. The van der Waals surface area contributed by atoms with Crippen LogP contribution in [0, 0.1) is 10.1 Å². The van der Waals surface area contributed by atoms with E-state index in [-0.39, 0.29) is 16.5 Å². The van der Waals surface area contributed by atoms with E-state index in [0.717, 1.165) is 61.2 Å². The van der Waals surface area contributed by atoms with E-state index in [2.05, 4.69) is 9.88 Å². The summed E-state index contributed by atoms with van der Waals surface area (Å²) in [4.78, 5) is 30.6. The number of hydrogen-bond donors (Lipinski definition) is 1. The number of aromatic amines is 1. The number of fused-ring (bicyclic) bond motifs is 1. The molecule has 0 radical (unpaired) electrons. The first-order chi connectivity index (χ1) is 14.1. The second-order valence-electron chi connectivity index (χ2n) is 7.43. The van der Waals surface area contributed by atoms with Crippen LogP contribution in [-0.4, -0.2) is 58.3 Å². The summed E-state index contributed by atoms with van der Waals surface area (Å²) < 4.78 is 0. The minimum Gasteiger partial charge on any atom is -0.361 e. The second kappa shape index (κ2) is 8.45. The highest BCUT2D eigenvalue weighted by molar-refractivity contribution is 5.88. The van der Waals surface area contributed by atoms with Gasteiger partial charge >= 0.3 is 0 Å². The van der Waals surface area contributed by atoms with Crippen LogP contribution in [0.1, 0.15) is 11.1 Å². The molecule has 7 nitrogen and oxygen atoms in total. The van der Waals surface area contributed by atoms with Gasteiger partial charge in [0.2, 0.25) is 5.91 Å². The van der Waals surface area contributed by atoms with E-state index in [9.17, 15) is 14.9 Å². The summed E-state index contributed by atoms with van der Waals surface area (Å²) in [5.41, 5.74) is 3.32. The molecule has 0 aliphatic carbocycles. The normalized spacial score (nSPS) is 15.0. The van der Waals surface area contributed by atoms with E-state index in [0.29, 0.717) is 6.42 Å². The number of aromatic nitrogens is 1. The van der Waals surface area contributed by atoms with Crippen molar-refractivity contribution in [3.63, 3.8) is 0 Å². The van der Waals surface area contributed by atoms with Gasteiger partial charge in [0.1, 0.15) is 0 Å². The van der Waals surface area contributed by atoms with Gasteiger partial charge in [0.25, 0.3) is 5.69 Å². The molecule has 1 N–H and O–H groups in total. The molecule has 0 spiro atoms. The van der Waals surface area contributed by atoms with Crippen LogP contribution in [0.5, 0.6) is 0 Å². The van der Waals surface area contributed by atoms with Crippen LogP contribution in [0.2, 0.25) is 0 Å². The molecular formula is C22H24N4O3. The summed E-state index contributed by atoms with van der Waals surface area (Å²) in [6.07, 6.45) is 3.21. The Kier molecular flexibility index (Phi) is 5.57. The number of non-ortho nitro benzene ring substituents is 1. The Bertz CT molecular complexity index is 1000. The topological polar surface area (TPSA) is 82.5 Å². The molecule has 2 heterocycles. The summed E-state index contributed by atoms with van der Waals surface area (Å²) >= 11 is 0. The number of hydrogen-bond acceptors (Lipinski definition) is 4. The Balaban J connectivity index is 1.25. The molecule has 1 fully saturated rings. The van der Waals surface area contributed by atoms with Crippen molar-refractivity contribution in [3.05, 3.63) is 76.0 Å². The highest BCUT2D eigenvalue weighted by atomic mass is 16.6. The van der Waals surface area contributed by atoms with Crippen molar-refractivity contribution in [2.24, 2.45) is 0 Å². The van der Waals surface area contributed by atoms with Gasteiger partial charge in [-0.3, -0.25) is 19.8 Å². The second-order valence-corrected chi connectivity index (χ2v) is 7.43. The van der Waals surface area contributed by atoms with Gasteiger partial charge in [0.05, 0.1) is 11.3 Å². The summed E-state index contributed by atoms with van der Waals surface area (Å²) in [5, 5.41) is 11.8. The first-order valence-corrected chi connectivity index (χ1v) is 9.88. The Morgan fingerprint density at radius 1 is 1.03 bits per heavy atom. The van der Waals surface area contributed by atoms with Gasteiger partial charge in [-0.2, -0.15) is 0 Å². The Labute approximate surface area is 169 Å². The molecule has 0 atom stereocenters. The van der Waals surface area contributed by atoms with Crippen LogP contribution in [0.25, 0.3) is 10.9 Å². The van der Waals surface area contributed by atoms with Crippen molar-refractivity contribution in [3.8, 4) is 0 Å². The molecule has 0 unspecified atom stereocenters. The van der Waals surface area contributed by atoms with Gasteiger partial charge in [-0.1, -0.05) is 30.3 Å². The van der Waals surface area contributed by atoms with Crippen molar-refractivity contribution in [1.82, 2.24) is 14.8 Å². The molecule has 7 heteroatoms. The Morgan fingerprint density at radius 2 is 1.76 bits per heavy atom. The number of amides is 1. The SMILES string of the molecule is O=C(Cc1c[nH]c2ccccc12)N1CCN(CCc2ccc([N+](=O)[O-])cc2)CC1. The third-order valence-electron chi connectivity index (χ3n) is 5.61. The van der Waals surface area contributed by atoms with E-state index in [1.54, 1.807) is 12.1 Å². The average molecular weight is 392 g/mol. The monoisotopic (exact) mass is 392 g/mol. The molecule has 1 aliphatic heterocycles. The number of nitro groups is 1. The number of rotatable bonds is 6. The number of nitrogens with one attached hydrogen (secondary N) is 1. The fourth-order valence-electron chi connectivity index (χ4n) is 3.85. The molecule has 1 amide bonds. The summed E-state index contributed by atoms with van der Waals surface area (Å²) in [5.74, 6) is 0.171. The van der Waals surface area contributed by atoms with Gasteiger partial charge in [-0.25, -0.2) is 0 Å². The molecule has 1 aromatic heterocycles. The Morgan fingerprint density at radius 3 is 2.48 bits per heavy atom. The lowest BCUT2D eigenvalue weighted by Crippen LogP contribution is -2.49. The fraction of sp³-hybridized carbons (Fsp3) is 0.318. The van der Waals surface area contributed by atoms with Gasteiger partial charge < -0.3 is 9.88 Å². The van der Waals surface area contributed by atoms with E-state index < -0.39 is 0 Å². The van der Waals surface area contributed by atoms with Crippen molar-refractivity contribution >= 4 is 22.5 Å². The zero-order valence-electron chi connectivity index (χ0n) is 16.2. The smallest absolute Gasteiger partial charge is 0.269 e. The molecule has 4 rings (SSSR count). The predicted molar refractivity (Wildman–Crippen MR) is 112 cm³/mol. The molecule has 2 aromatic carbocycles. The summed E-state index contributed by atoms with van der Waals surface area (Å²) in [6, 6.07) is 14.8. The quantitative estimate of drug-likeness (QED) is 0.516. The number of carbonyl (C=O) groups excluding carboxylic acids is 1. The van der Waals surface area contributed by atoms with Gasteiger partial charge in [-0.05, 0) is 23.6 Å². The molecule has 1 aliphatic rings. The third-order valence-corrected chi connectivity index (χ3v) is 5.61. The number of para-hydroxylation sites is 1. The van der Waals surface area contributed by atoms with Gasteiger partial charge in [0, 0.05) is 62.0 Å². The van der Waals surface area contributed by atoms with Crippen molar-refractivity contribution in [1.29, 1.82) is 0 Å². The maximum Gasteiger partial charge on any atom is 0.269 e. The van der Waals surface area contributed by atoms with Crippen molar-refractivity contribution in [2.45, 2.75) is 12.8 Å². The molecule has 1 saturated heterocycles. The zero-order valence-corrected chi connectivity index (χ0v) is 16.2. The highest BCUT2D eigenvalue weighted by Gasteiger charge is 2.21. The molecule has 0 bridgehead atoms. The average Bonchev–Trinajstić information content (AvgIpc) is 3.16. The number of benzene rings is 2. The number of carbonyl (C=O) groups is 1. The number of H-pyrrole nitrogens is 1. The molecule has 0 saturated carbocycles. The fourth-order valence-corrected chi connectivity index (χ4v) is 3.85. The largest absolute Gasteiger partial charge is 0.361 e. The summed E-state index contributed by atoms with van der Waals surface area (Å²) in [7, 11) is 0. The van der Waals surface area contributed by atoms with E-state index in [4.69, 9.17) is 0 Å². The molecule has 150 valence electrons. The number of nitrogens with zero attached hydrogens (tertiary/aromatic N) is 3. The van der Waals surface area contributed by atoms with Crippen molar-refractivity contribution in [2.75, 3.05) is 32.7 Å². The zero-order chi connectivity index (χ0) is 20.2. The van der Waals surface area contributed by atoms with E-state index >= 15 is 0 Å². The first kappa shape index (κ1) is 19.1.